The van der Waals surface area contributed by atoms with Gasteiger partial charge >= 0.3 is 0 Å². The van der Waals surface area contributed by atoms with E-state index in [-0.39, 0.29) is 6.10 Å². The molecule has 0 radical (unpaired) electrons. The SMILES string of the molecule is OC(c1ccc(C2CCC2)cc1)C1CCCO1. The van der Waals surface area contributed by atoms with Crippen molar-refractivity contribution in [3.8, 4) is 0 Å². The van der Waals surface area contributed by atoms with Crippen LogP contribution in [0.1, 0.15) is 55.3 Å². The van der Waals surface area contributed by atoms with Crippen LogP contribution in [0.4, 0.5) is 0 Å². The standard InChI is InChI=1S/C15H20O2/c16-15(14-5-2-10-17-14)13-8-6-12(7-9-13)11-3-1-4-11/h6-9,11,14-16H,1-5,10H2. The number of hydrogen-bond donors (Lipinski definition) is 1. The fourth-order valence-electron chi connectivity index (χ4n) is 2.77. The van der Waals surface area contributed by atoms with Crippen molar-refractivity contribution < 1.29 is 9.84 Å². The van der Waals surface area contributed by atoms with Crippen molar-refractivity contribution in [2.75, 3.05) is 6.61 Å². The van der Waals surface area contributed by atoms with Gasteiger partial charge in [0.2, 0.25) is 0 Å². The second-order valence-corrected chi connectivity index (χ2v) is 5.29. The van der Waals surface area contributed by atoms with E-state index in [1.165, 1.54) is 24.8 Å². The van der Waals surface area contributed by atoms with Crippen LogP contribution in [0.15, 0.2) is 24.3 Å². The molecule has 1 aliphatic carbocycles. The molecule has 1 N–H and O–H groups in total. The monoisotopic (exact) mass is 232 g/mol. The van der Waals surface area contributed by atoms with Gasteiger partial charge in [0.25, 0.3) is 0 Å². The molecule has 17 heavy (non-hydrogen) atoms. The van der Waals surface area contributed by atoms with Crippen molar-refractivity contribution in [2.24, 2.45) is 0 Å². The van der Waals surface area contributed by atoms with Gasteiger partial charge in [-0.1, -0.05) is 30.7 Å². The summed E-state index contributed by atoms with van der Waals surface area (Å²) >= 11 is 0. The second-order valence-electron chi connectivity index (χ2n) is 5.29. The van der Waals surface area contributed by atoms with Gasteiger partial charge in [0, 0.05) is 6.61 Å². The van der Waals surface area contributed by atoms with Crippen LogP contribution in [0.5, 0.6) is 0 Å². The molecule has 1 aromatic carbocycles. The predicted molar refractivity (Wildman–Crippen MR) is 67.0 cm³/mol. The van der Waals surface area contributed by atoms with Gasteiger partial charge in [-0.2, -0.15) is 0 Å². The zero-order valence-corrected chi connectivity index (χ0v) is 10.1. The van der Waals surface area contributed by atoms with Crippen molar-refractivity contribution in [2.45, 2.75) is 50.2 Å². The lowest BCUT2D eigenvalue weighted by molar-refractivity contribution is -0.00259. The van der Waals surface area contributed by atoms with Crippen molar-refractivity contribution in [1.82, 2.24) is 0 Å². The molecule has 2 nitrogen and oxygen atoms in total. The number of ether oxygens (including phenoxy) is 1. The zero-order valence-electron chi connectivity index (χ0n) is 10.1. The number of aliphatic hydroxyl groups excluding tert-OH is 1. The molecule has 2 unspecified atom stereocenters. The molecule has 92 valence electrons. The van der Waals surface area contributed by atoms with E-state index in [2.05, 4.69) is 24.3 Å². The van der Waals surface area contributed by atoms with Crippen LogP contribution in [0, 0.1) is 0 Å². The lowest BCUT2D eigenvalue weighted by Crippen LogP contribution is -2.17. The Labute approximate surface area is 103 Å². The van der Waals surface area contributed by atoms with Crippen LogP contribution in [0.3, 0.4) is 0 Å². The Balaban J connectivity index is 1.69. The summed E-state index contributed by atoms with van der Waals surface area (Å²) in [5, 5.41) is 10.2. The predicted octanol–water partition coefficient (Wildman–Crippen LogP) is 3.17. The fourth-order valence-corrected chi connectivity index (χ4v) is 2.77. The Morgan fingerprint density at radius 3 is 2.35 bits per heavy atom. The average molecular weight is 232 g/mol. The molecule has 2 heteroatoms. The molecule has 1 saturated heterocycles. The van der Waals surface area contributed by atoms with Crippen molar-refractivity contribution in [3.05, 3.63) is 35.4 Å². The fraction of sp³-hybridized carbons (Fsp3) is 0.600. The number of aliphatic hydroxyl groups is 1. The summed E-state index contributed by atoms with van der Waals surface area (Å²) in [6.07, 6.45) is 5.62. The van der Waals surface area contributed by atoms with Gasteiger partial charge < -0.3 is 9.84 Å². The Morgan fingerprint density at radius 2 is 1.82 bits per heavy atom. The van der Waals surface area contributed by atoms with Crippen LogP contribution < -0.4 is 0 Å². The Kier molecular flexibility index (Phi) is 3.17. The van der Waals surface area contributed by atoms with E-state index in [0.29, 0.717) is 0 Å². The van der Waals surface area contributed by atoms with E-state index in [4.69, 9.17) is 4.74 Å². The molecule has 1 heterocycles. The molecular formula is C15H20O2. The molecule has 1 aromatic rings. The minimum Gasteiger partial charge on any atom is -0.386 e. The molecule has 2 aliphatic rings. The maximum Gasteiger partial charge on any atom is 0.105 e. The highest BCUT2D eigenvalue weighted by Crippen LogP contribution is 2.37. The third-order valence-corrected chi connectivity index (χ3v) is 4.17. The highest BCUT2D eigenvalue weighted by atomic mass is 16.5. The highest BCUT2D eigenvalue weighted by molar-refractivity contribution is 5.28. The molecular weight excluding hydrogens is 212 g/mol. The topological polar surface area (TPSA) is 29.5 Å². The van der Waals surface area contributed by atoms with Crippen LogP contribution in [0.25, 0.3) is 0 Å². The van der Waals surface area contributed by atoms with E-state index in [9.17, 15) is 5.11 Å². The molecule has 0 aromatic heterocycles. The van der Waals surface area contributed by atoms with Crippen molar-refractivity contribution >= 4 is 0 Å². The summed E-state index contributed by atoms with van der Waals surface area (Å²) in [4.78, 5) is 0. The number of hydrogen-bond acceptors (Lipinski definition) is 2. The first-order valence-electron chi connectivity index (χ1n) is 6.74. The number of rotatable bonds is 3. The first kappa shape index (κ1) is 11.2. The molecule has 2 atom stereocenters. The summed E-state index contributed by atoms with van der Waals surface area (Å²) in [6.45, 7) is 0.794. The third-order valence-electron chi connectivity index (χ3n) is 4.17. The Bertz CT molecular complexity index is 361. The first-order valence-corrected chi connectivity index (χ1v) is 6.74. The van der Waals surface area contributed by atoms with Crippen molar-refractivity contribution in [3.63, 3.8) is 0 Å². The van der Waals surface area contributed by atoms with E-state index in [1.54, 1.807) is 0 Å². The van der Waals surface area contributed by atoms with Gasteiger partial charge in [-0.15, -0.1) is 0 Å². The zero-order chi connectivity index (χ0) is 11.7. The largest absolute Gasteiger partial charge is 0.386 e. The minimum absolute atomic E-state index is 0.00422. The first-order chi connectivity index (χ1) is 8.34. The summed E-state index contributed by atoms with van der Waals surface area (Å²) < 4.78 is 5.53. The van der Waals surface area contributed by atoms with E-state index < -0.39 is 6.10 Å². The smallest absolute Gasteiger partial charge is 0.105 e. The van der Waals surface area contributed by atoms with E-state index in [1.807, 2.05) is 0 Å². The third kappa shape index (κ3) is 2.24. The summed E-state index contributed by atoms with van der Waals surface area (Å²) in [6, 6.07) is 8.49. The van der Waals surface area contributed by atoms with E-state index in [0.717, 1.165) is 30.9 Å². The molecule has 2 fully saturated rings. The van der Waals surface area contributed by atoms with Crippen molar-refractivity contribution in [1.29, 1.82) is 0 Å². The van der Waals surface area contributed by atoms with Gasteiger partial charge in [-0.25, -0.2) is 0 Å². The Morgan fingerprint density at radius 1 is 1.06 bits per heavy atom. The maximum atomic E-state index is 10.2. The molecule has 0 bridgehead atoms. The number of benzene rings is 1. The van der Waals surface area contributed by atoms with Crippen LogP contribution in [-0.2, 0) is 4.74 Å². The summed E-state index contributed by atoms with van der Waals surface area (Å²) in [7, 11) is 0. The summed E-state index contributed by atoms with van der Waals surface area (Å²) in [5.41, 5.74) is 2.43. The normalized spacial score (nSPS) is 26.8. The second kappa shape index (κ2) is 4.79. The van der Waals surface area contributed by atoms with Crippen LogP contribution in [0.2, 0.25) is 0 Å². The van der Waals surface area contributed by atoms with Crippen LogP contribution in [-0.4, -0.2) is 17.8 Å². The highest BCUT2D eigenvalue weighted by Gasteiger charge is 2.26. The minimum atomic E-state index is -0.451. The quantitative estimate of drug-likeness (QED) is 0.867. The maximum absolute atomic E-state index is 10.2. The molecule has 1 aliphatic heterocycles. The lowest BCUT2D eigenvalue weighted by atomic mass is 9.80. The summed E-state index contributed by atoms with van der Waals surface area (Å²) in [5.74, 6) is 0.768. The molecule has 0 spiro atoms. The average Bonchev–Trinajstić information content (AvgIpc) is 2.80. The lowest BCUT2D eigenvalue weighted by Gasteiger charge is -2.26. The molecule has 1 saturated carbocycles. The van der Waals surface area contributed by atoms with Gasteiger partial charge in [-0.3, -0.25) is 0 Å². The molecule has 0 amide bonds. The van der Waals surface area contributed by atoms with Gasteiger partial charge in [-0.05, 0) is 42.7 Å². The van der Waals surface area contributed by atoms with E-state index >= 15 is 0 Å². The Hall–Kier alpha value is -0.860. The van der Waals surface area contributed by atoms with Gasteiger partial charge in [0.15, 0.2) is 0 Å². The van der Waals surface area contributed by atoms with Gasteiger partial charge in [0.05, 0.1) is 6.10 Å². The van der Waals surface area contributed by atoms with Crippen LogP contribution >= 0.6 is 0 Å². The molecule has 3 rings (SSSR count). The van der Waals surface area contributed by atoms with Gasteiger partial charge in [0.1, 0.15) is 6.10 Å².